The highest BCUT2D eigenvalue weighted by atomic mass is 35.5. The first-order valence-electron chi connectivity index (χ1n) is 8.08. The Labute approximate surface area is 146 Å². The molecule has 5 rings (SSSR count). The number of fused-ring (bicyclic) bond motifs is 5. The zero-order valence-electron chi connectivity index (χ0n) is 13.0. The first kappa shape index (κ1) is 13.8. The average Bonchev–Trinajstić information content (AvgIpc) is 3.19. The standard InChI is InChI=1S/C21H15ClN2/c22-15-9-11-16(12-10-15)24-21(13-14-23-24)19-7-3-1-5-17(19)18-6-2-4-8-20(18)21/h1-12,14H,13H2. The van der Waals surface area contributed by atoms with Gasteiger partial charge in [0.2, 0.25) is 0 Å². The van der Waals surface area contributed by atoms with Crippen LogP contribution in [-0.2, 0) is 5.54 Å². The topological polar surface area (TPSA) is 15.6 Å². The number of hydrogen-bond donors (Lipinski definition) is 0. The molecule has 0 fully saturated rings. The van der Waals surface area contributed by atoms with Gasteiger partial charge >= 0.3 is 0 Å². The fraction of sp³-hybridized carbons (Fsp3) is 0.0952. The quantitative estimate of drug-likeness (QED) is 0.578. The predicted octanol–water partition coefficient (Wildman–Crippen LogP) is 5.46. The molecule has 0 saturated heterocycles. The Hall–Kier alpha value is -2.58. The average molecular weight is 331 g/mol. The molecule has 3 heteroatoms. The minimum Gasteiger partial charge on any atom is -0.250 e. The van der Waals surface area contributed by atoms with Gasteiger partial charge in [-0.2, -0.15) is 5.10 Å². The Bertz CT molecular complexity index is 914. The molecule has 1 spiro atoms. The SMILES string of the molecule is Clc1ccc(N2N=CCC23c2ccccc2-c2ccccc23)cc1. The van der Waals surface area contributed by atoms with Crippen molar-refractivity contribution >= 4 is 23.5 Å². The highest BCUT2D eigenvalue weighted by molar-refractivity contribution is 6.30. The molecular formula is C21H15ClN2. The third kappa shape index (κ3) is 1.69. The van der Waals surface area contributed by atoms with E-state index in [1.165, 1.54) is 22.3 Å². The molecule has 2 aliphatic rings. The molecule has 24 heavy (non-hydrogen) atoms. The molecular weight excluding hydrogens is 316 g/mol. The number of nitrogens with zero attached hydrogens (tertiary/aromatic N) is 2. The van der Waals surface area contributed by atoms with Gasteiger partial charge in [0.1, 0.15) is 5.54 Å². The van der Waals surface area contributed by atoms with Crippen LogP contribution in [0.15, 0.2) is 77.9 Å². The van der Waals surface area contributed by atoms with Crippen LogP contribution >= 0.6 is 11.6 Å². The molecule has 0 unspecified atom stereocenters. The molecule has 0 bridgehead atoms. The van der Waals surface area contributed by atoms with Crippen LogP contribution in [0.2, 0.25) is 5.02 Å². The van der Waals surface area contributed by atoms with E-state index in [-0.39, 0.29) is 5.54 Å². The van der Waals surface area contributed by atoms with Crippen LogP contribution in [-0.4, -0.2) is 6.21 Å². The molecule has 1 heterocycles. The normalized spacial score (nSPS) is 16.5. The van der Waals surface area contributed by atoms with Gasteiger partial charge in [0.25, 0.3) is 0 Å². The molecule has 2 nitrogen and oxygen atoms in total. The molecule has 0 radical (unpaired) electrons. The van der Waals surface area contributed by atoms with Crippen molar-refractivity contribution in [3.8, 4) is 11.1 Å². The molecule has 0 aromatic heterocycles. The molecule has 0 amide bonds. The second-order valence-electron chi connectivity index (χ2n) is 6.24. The maximum atomic E-state index is 6.07. The zero-order chi connectivity index (χ0) is 16.1. The van der Waals surface area contributed by atoms with E-state index in [1.54, 1.807) is 0 Å². The number of benzene rings is 3. The van der Waals surface area contributed by atoms with E-state index in [0.29, 0.717) is 0 Å². The summed E-state index contributed by atoms with van der Waals surface area (Å²) in [7, 11) is 0. The summed E-state index contributed by atoms with van der Waals surface area (Å²) in [4.78, 5) is 0. The first-order valence-corrected chi connectivity index (χ1v) is 8.46. The second-order valence-corrected chi connectivity index (χ2v) is 6.68. The van der Waals surface area contributed by atoms with Crippen molar-refractivity contribution in [2.24, 2.45) is 5.10 Å². The van der Waals surface area contributed by atoms with Gasteiger partial charge in [-0.15, -0.1) is 0 Å². The van der Waals surface area contributed by atoms with E-state index in [4.69, 9.17) is 16.7 Å². The second kappa shape index (κ2) is 4.96. The summed E-state index contributed by atoms with van der Waals surface area (Å²) in [6.07, 6.45) is 2.89. The van der Waals surface area contributed by atoms with Gasteiger partial charge in [0, 0.05) is 17.7 Å². The largest absolute Gasteiger partial charge is 0.250 e. The molecule has 3 aromatic carbocycles. The molecule has 1 aliphatic carbocycles. The van der Waals surface area contributed by atoms with E-state index in [1.807, 2.05) is 30.5 Å². The van der Waals surface area contributed by atoms with Gasteiger partial charge in [0.15, 0.2) is 0 Å². The van der Waals surface area contributed by atoms with Gasteiger partial charge < -0.3 is 0 Å². The summed E-state index contributed by atoms with van der Waals surface area (Å²) in [5.41, 5.74) is 6.04. The van der Waals surface area contributed by atoms with E-state index in [9.17, 15) is 0 Å². The number of hydrogen-bond acceptors (Lipinski definition) is 2. The minimum atomic E-state index is -0.263. The summed E-state index contributed by atoms with van der Waals surface area (Å²) in [6.45, 7) is 0. The Morgan fingerprint density at radius 2 is 1.38 bits per heavy atom. The van der Waals surface area contributed by atoms with E-state index >= 15 is 0 Å². The van der Waals surface area contributed by atoms with Crippen molar-refractivity contribution in [2.75, 3.05) is 5.01 Å². The summed E-state index contributed by atoms with van der Waals surface area (Å²) < 4.78 is 0. The van der Waals surface area contributed by atoms with E-state index < -0.39 is 0 Å². The molecule has 0 N–H and O–H groups in total. The summed E-state index contributed by atoms with van der Waals surface area (Å²) >= 11 is 6.07. The highest BCUT2D eigenvalue weighted by Gasteiger charge is 2.49. The van der Waals surface area contributed by atoms with Crippen LogP contribution in [0.4, 0.5) is 5.69 Å². The molecule has 0 saturated carbocycles. The third-order valence-electron chi connectivity index (χ3n) is 5.05. The lowest BCUT2D eigenvalue weighted by atomic mass is 9.84. The Morgan fingerprint density at radius 3 is 2.00 bits per heavy atom. The lowest BCUT2D eigenvalue weighted by Crippen LogP contribution is -2.39. The smallest absolute Gasteiger partial charge is 0.119 e. The molecule has 1 aliphatic heterocycles. The van der Waals surface area contributed by atoms with Crippen molar-refractivity contribution in [1.82, 2.24) is 0 Å². The fourth-order valence-electron chi connectivity index (χ4n) is 4.06. The Morgan fingerprint density at radius 1 is 0.792 bits per heavy atom. The van der Waals surface area contributed by atoms with E-state index in [2.05, 4.69) is 53.5 Å². The van der Waals surface area contributed by atoms with Gasteiger partial charge in [0.05, 0.1) is 5.69 Å². The zero-order valence-corrected chi connectivity index (χ0v) is 13.7. The minimum absolute atomic E-state index is 0.263. The van der Waals surface area contributed by atoms with Gasteiger partial charge in [-0.1, -0.05) is 60.1 Å². The van der Waals surface area contributed by atoms with Crippen molar-refractivity contribution in [1.29, 1.82) is 0 Å². The van der Waals surface area contributed by atoms with Crippen LogP contribution in [0.5, 0.6) is 0 Å². The summed E-state index contributed by atoms with van der Waals surface area (Å²) in [5.74, 6) is 0. The Kier molecular flexibility index (Phi) is 2.85. The third-order valence-corrected chi connectivity index (χ3v) is 5.30. The van der Waals surface area contributed by atoms with Crippen LogP contribution in [0.1, 0.15) is 17.5 Å². The number of rotatable bonds is 1. The lowest BCUT2D eigenvalue weighted by molar-refractivity contribution is 0.549. The Balaban J connectivity index is 1.79. The van der Waals surface area contributed by atoms with Crippen molar-refractivity contribution < 1.29 is 0 Å². The van der Waals surface area contributed by atoms with Crippen LogP contribution in [0.3, 0.4) is 0 Å². The van der Waals surface area contributed by atoms with Gasteiger partial charge in [-0.05, 0) is 46.5 Å². The summed E-state index contributed by atoms with van der Waals surface area (Å²) in [6, 6.07) is 25.2. The molecule has 0 atom stereocenters. The van der Waals surface area contributed by atoms with Crippen LogP contribution < -0.4 is 5.01 Å². The van der Waals surface area contributed by atoms with Crippen molar-refractivity contribution in [3.05, 3.63) is 88.9 Å². The first-order chi connectivity index (χ1) is 11.8. The van der Waals surface area contributed by atoms with Crippen molar-refractivity contribution in [2.45, 2.75) is 12.0 Å². The number of halogens is 1. The monoisotopic (exact) mass is 330 g/mol. The van der Waals surface area contributed by atoms with Crippen LogP contribution in [0.25, 0.3) is 11.1 Å². The lowest BCUT2D eigenvalue weighted by Gasteiger charge is -2.36. The van der Waals surface area contributed by atoms with Gasteiger partial charge in [-0.25, -0.2) is 0 Å². The van der Waals surface area contributed by atoms with Gasteiger partial charge in [-0.3, -0.25) is 5.01 Å². The highest BCUT2D eigenvalue weighted by Crippen LogP contribution is 2.54. The maximum absolute atomic E-state index is 6.07. The molecule has 3 aromatic rings. The van der Waals surface area contributed by atoms with Crippen LogP contribution in [0, 0.1) is 0 Å². The predicted molar refractivity (Wildman–Crippen MR) is 99.7 cm³/mol. The number of anilines is 1. The maximum Gasteiger partial charge on any atom is 0.119 e. The van der Waals surface area contributed by atoms with Crippen molar-refractivity contribution in [3.63, 3.8) is 0 Å². The van der Waals surface area contributed by atoms with E-state index in [0.717, 1.165) is 17.1 Å². The molecule has 116 valence electrons. The number of hydrazone groups is 1. The summed E-state index contributed by atoms with van der Waals surface area (Å²) in [5, 5.41) is 7.62. The fourth-order valence-corrected chi connectivity index (χ4v) is 4.19.